The summed E-state index contributed by atoms with van der Waals surface area (Å²) >= 11 is 0. The maximum Gasteiger partial charge on any atom is 0.279 e. The zero-order valence-corrected chi connectivity index (χ0v) is 12.8. The molecule has 0 radical (unpaired) electrons. The summed E-state index contributed by atoms with van der Waals surface area (Å²) in [5, 5.41) is 36.5. The minimum atomic E-state index is -0.669. The zero-order valence-electron chi connectivity index (χ0n) is 12.8. The number of aromatic nitrogens is 1. The number of phenolic OH excluding ortho intramolecular Hbond substituents is 1. The molecule has 3 N–H and O–H groups in total. The Morgan fingerprint density at radius 1 is 0.960 bits per heavy atom. The van der Waals surface area contributed by atoms with E-state index in [0.717, 1.165) is 0 Å². The Bertz CT molecular complexity index is 1030. The number of nitriles is 1. The smallest absolute Gasteiger partial charge is 0.279 e. The Hall–Kier alpha value is -3.92. The van der Waals surface area contributed by atoms with Crippen molar-refractivity contribution in [2.24, 2.45) is 10.2 Å². The predicted molar refractivity (Wildman–Crippen MR) is 91.2 cm³/mol. The number of hydrogen-bond acceptors (Lipinski definition) is 6. The van der Waals surface area contributed by atoms with Gasteiger partial charge in [0, 0.05) is 5.56 Å². The van der Waals surface area contributed by atoms with Gasteiger partial charge in [-0.3, -0.25) is 9.78 Å². The van der Waals surface area contributed by atoms with Gasteiger partial charge in [0.2, 0.25) is 5.88 Å². The number of nitrogens with one attached hydrogen (secondary N) is 1. The summed E-state index contributed by atoms with van der Waals surface area (Å²) in [6.45, 7) is 0. The predicted octanol–water partition coefficient (Wildman–Crippen LogP) is 3.74. The Kier molecular flexibility index (Phi) is 4.26. The highest BCUT2D eigenvalue weighted by molar-refractivity contribution is 5.82. The van der Waals surface area contributed by atoms with Crippen molar-refractivity contribution in [1.29, 1.82) is 5.26 Å². The third-order valence-corrected chi connectivity index (χ3v) is 3.46. The van der Waals surface area contributed by atoms with Gasteiger partial charge in [0.15, 0.2) is 5.69 Å². The van der Waals surface area contributed by atoms with Crippen molar-refractivity contribution in [2.75, 3.05) is 0 Å². The third kappa shape index (κ3) is 3.23. The quantitative estimate of drug-likeness (QED) is 0.632. The third-order valence-electron chi connectivity index (χ3n) is 3.46. The highest BCUT2D eigenvalue weighted by atomic mass is 16.3. The SMILES string of the molecule is N#Cc1c(O)[nH]c(=O)c(N=Nc2ccc(O)cc2)c1-c1ccccc1. The van der Waals surface area contributed by atoms with Crippen molar-refractivity contribution in [3.63, 3.8) is 0 Å². The van der Waals surface area contributed by atoms with E-state index in [0.29, 0.717) is 11.3 Å². The molecule has 7 heteroatoms. The average molecular weight is 332 g/mol. The van der Waals surface area contributed by atoms with Crippen LogP contribution in [0.1, 0.15) is 5.56 Å². The second kappa shape index (κ2) is 6.68. The summed E-state index contributed by atoms with van der Waals surface area (Å²) in [4.78, 5) is 14.5. The van der Waals surface area contributed by atoms with Gasteiger partial charge >= 0.3 is 0 Å². The molecule has 0 unspecified atom stereocenters. The van der Waals surface area contributed by atoms with Crippen molar-refractivity contribution in [1.82, 2.24) is 4.98 Å². The maximum atomic E-state index is 12.3. The minimum Gasteiger partial charge on any atom is -0.508 e. The van der Waals surface area contributed by atoms with E-state index >= 15 is 0 Å². The number of hydrogen-bond donors (Lipinski definition) is 3. The fourth-order valence-corrected chi connectivity index (χ4v) is 2.30. The molecule has 3 aromatic rings. The van der Waals surface area contributed by atoms with Gasteiger partial charge in [-0.2, -0.15) is 10.4 Å². The van der Waals surface area contributed by atoms with Crippen LogP contribution in [-0.4, -0.2) is 15.2 Å². The van der Waals surface area contributed by atoms with Crippen LogP contribution < -0.4 is 5.56 Å². The topological polar surface area (TPSA) is 122 Å². The van der Waals surface area contributed by atoms with Crippen molar-refractivity contribution >= 4 is 11.4 Å². The molecule has 2 aromatic carbocycles. The van der Waals surface area contributed by atoms with Gasteiger partial charge < -0.3 is 10.2 Å². The fraction of sp³-hybridized carbons (Fsp3) is 0. The lowest BCUT2D eigenvalue weighted by Gasteiger charge is -2.08. The van der Waals surface area contributed by atoms with Gasteiger partial charge in [-0.15, -0.1) is 5.11 Å². The van der Waals surface area contributed by atoms with Crippen LogP contribution in [0.3, 0.4) is 0 Å². The molecule has 1 heterocycles. The van der Waals surface area contributed by atoms with Crippen molar-refractivity contribution in [3.8, 4) is 28.8 Å². The molecule has 0 saturated carbocycles. The number of azo groups is 1. The monoisotopic (exact) mass is 332 g/mol. The molecule has 25 heavy (non-hydrogen) atoms. The van der Waals surface area contributed by atoms with Crippen LogP contribution in [0, 0.1) is 11.3 Å². The first-order chi connectivity index (χ1) is 12.1. The van der Waals surface area contributed by atoms with Gasteiger partial charge in [-0.1, -0.05) is 30.3 Å². The number of aromatic hydroxyl groups is 2. The van der Waals surface area contributed by atoms with Crippen molar-refractivity contribution < 1.29 is 10.2 Å². The van der Waals surface area contributed by atoms with E-state index in [-0.39, 0.29) is 22.6 Å². The summed E-state index contributed by atoms with van der Waals surface area (Å²) in [5.41, 5.74) is 0.326. The summed E-state index contributed by atoms with van der Waals surface area (Å²) in [5.74, 6) is -0.437. The summed E-state index contributed by atoms with van der Waals surface area (Å²) < 4.78 is 0. The van der Waals surface area contributed by atoms with Gasteiger partial charge in [-0.25, -0.2) is 0 Å². The lowest BCUT2D eigenvalue weighted by molar-refractivity contribution is 0.450. The number of benzene rings is 2. The van der Waals surface area contributed by atoms with E-state index in [4.69, 9.17) is 0 Å². The highest BCUT2D eigenvalue weighted by Gasteiger charge is 2.19. The molecule has 1 aromatic heterocycles. The Morgan fingerprint density at radius 2 is 1.64 bits per heavy atom. The number of rotatable bonds is 3. The molecule has 0 bridgehead atoms. The molecular formula is C18H12N4O3. The van der Waals surface area contributed by atoms with Gasteiger partial charge in [0.1, 0.15) is 17.4 Å². The van der Waals surface area contributed by atoms with E-state index in [1.54, 1.807) is 30.3 Å². The first kappa shape index (κ1) is 16.0. The Morgan fingerprint density at radius 3 is 2.28 bits per heavy atom. The van der Waals surface area contributed by atoms with Gasteiger partial charge in [0.25, 0.3) is 5.56 Å². The second-order valence-electron chi connectivity index (χ2n) is 5.10. The average Bonchev–Trinajstić information content (AvgIpc) is 2.62. The molecule has 7 nitrogen and oxygen atoms in total. The van der Waals surface area contributed by atoms with Crippen LogP contribution >= 0.6 is 0 Å². The van der Waals surface area contributed by atoms with Crippen LogP contribution in [0.15, 0.2) is 69.6 Å². The van der Waals surface area contributed by atoms with E-state index in [1.165, 1.54) is 24.3 Å². The summed E-state index contributed by atoms with van der Waals surface area (Å²) in [6.07, 6.45) is 0. The van der Waals surface area contributed by atoms with Crippen molar-refractivity contribution in [2.45, 2.75) is 0 Å². The minimum absolute atomic E-state index is 0.0816. The number of aromatic amines is 1. The number of pyridine rings is 1. The zero-order chi connectivity index (χ0) is 17.8. The second-order valence-corrected chi connectivity index (χ2v) is 5.10. The van der Waals surface area contributed by atoms with Gasteiger partial charge in [-0.05, 0) is 29.8 Å². The molecule has 0 fully saturated rings. The fourth-order valence-electron chi connectivity index (χ4n) is 2.30. The summed E-state index contributed by atoms with van der Waals surface area (Å²) in [7, 11) is 0. The highest BCUT2D eigenvalue weighted by Crippen LogP contribution is 2.34. The van der Waals surface area contributed by atoms with E-state index < -0.39 is 11.4 Å². The molecule has 0 aliphatic carbocycles. The van der Waals surface area contributed by atoms with Crippen LogP contribution in [0.25, 0.3) is 11.1 Å². The molecule has 0 aliphatic heterocycles. The Labute approximate surface area is 142 Å². The molecule has 0 spiro atoms. The molecular weight excluding hydrogens is 320 g/mol. The first-order valence-corrected chi connectivity index (χ1v) is 7.25. The van der Waals surface area contributed by atoms with Gasteiger partial charge in [0.05, 0.1) is 5.69 Å². The van der Waals surface area contributed by atoms with E-state index in [2.05, 4.69) is 15.2 Å². The first-order valence-electron chi connectivity index (χ1n) is 7.25. The number of nitrogens with zero attached hydrogens (tertiary/aromatic N) is 3. The summed E-state index contributed by atoms with van der Waals surface area (Å²) in [6, 6.07) is 16.5. The van der Waals surface area contributed by atoms with E-state index in [1.807, 2.05) is 6.07 Å². The van der Waals surface area contributed by atoms with Crippen LogP contribution in [0.5, 0.6) is 11.6 Å². The molecule has 122 valence electrons. The van der Waals surface area contributed by atoms with E-state index in [9.17, 15) is 20.3 Å². The molecule has 0 saturated heterocycles. The number of H-pyrrole nitrogens is 1. The Balaban J connectivity index is 2.21. The number of phenols is 1. The van der Waals surface area contributed by atoms with Crippen molar-refractivity contribution in [3.05, 3.63) is 70.5 Å². The van der Waals surface area contributed by atoms with Crippen LogP contribution in [-0.2, 0) is 0 Å². The molecule has 3 rings (SSSR count). The maximum absolute atomic E-state index is 12.3. The largest absolute Gasteiger partial charge is 0.508 e. The van der Waals surface area contributed by atoms with Crippen LogP contribution in [0.2, 0.25) is 0 Å². The standard InChI is InChI=1S/C18H12N4O3/c19-10-14-15(11-4-2-1-3-5-11)16(18(25)20-17(14)24)22-21-12-6-8-13(23)9-7-12/h1-9,23H,(H2,20,24,25). The molecule has 0 atom stereocenters. The lowest BCUT2D eigenvalue weighted by Crippen LogP contribution is -2.08. The molecule has 0 aliphatic rings. The lowest BCUT2D eigenvalue weighted by atomic mass is 10.00. The normalized spacial score (nSPS) is 10.7. The molecule has 0 amide bonds. The van der Waals surface area contributed by atoms with Crippen LogP contribution in [0.4, 0.5) is 11.4 Å².